The predicted octanol–water partition coefficient (Wildman–Crippen LogP) is 13.5. The summed E-state index contributed by atoms with van der Waals surface area (Å²) in [5.41, 5.74) is 0. The third-order valence-corrected chi connectivity index (χ3v) is 22.9. The van der Waals surface area contributed by atoms with Crippen LogP contribution < -0.4 is 0 Å². The molecule has 2 rings (SSSR count). The van der Waals surface area contributed by atoms with Gasteiger partial charge in [0.2, 0.25) is 0 Å². The van der Waals surface area contributed by atoms with Gasteiger partial charge in [0.05, 0.1) is 0 Å². The van der Waals surface area contributed by atoms with Crippen LogP contribution in [0, 0.1) is 0 Å². The van der Waals surface area contributed by atoms with Crippen LogP contribution in [0.15, 0.2) is 0 Å². The van der Waals surface area contributed by atoms with Gasteiger partial charge in [-0.1, -0.05) is 0 Å². The summed E-state index contributed by atoms with van der Waals surface area (Å²) in [6.07, 6.45) is 38.3. The average Bonchev–Trinajstić information content (AvgIpc) is 3.09. The zero-order valence-electron chi connectivity index (χ0n) is 31.1. The van der Waals surface area contributed by atoms with Gasteiger partial charge in [-0.3, -0.25) is 0 Å². The summed E-state index contributed by atoms with van der Waals surface area (Å²) >= 11 is -0.380. The Hall–Kier alpha value is 0.439. The van der Waals surface area contributed by atoms with Crippen LogP contribution in [-0.2, 0) is 15.7 Å². The number of rotatable bonds is 30. The summed E-state index contributed by atoms with van der Waals surface area (Å²) in [6.45, 7) is 4.56. The third-order valence-electron chi connectivity index (χ3n) is 10.4. The fourth-order valence-corrected chi connectivity index (χ4v) is 19.5. The van der Waals surface area contributed by atoms with Crippen molar-refractivity contribution in [2.75, 3.05) is 11.5 Å². The van der Waals surface area contributed by atoms with Gasteiger partial charge in [-0.25, -0.2) is 0 Å². The van der Waals surface area contributed by atoms with Gasteiger partial charge in [-0.2, -0.15) is 0 Å². The molecule has 0 aromatic rings. The van der Waals surface area contributed by atoms with Gasteiger partial charge < -0.3 is 0 Å². The molecule has 0 aliphatic heterocycles. The van der Waals surface area contributed by atoms with Crippen LogP contribution in [0.5, 0.6) is 0 Å². The number of hydrogen-bond donors (Lipinski definition) is 0. The van der Waals surface area contributed by atoms with Gasteiger partial charge in [0.1, 0.15) is 0 Å². The van der Waals surface area contributed by atoms with Crippen LogP contribution in [0.25, 0.3) is 0 Å². The minimum atomic E-state index is -3.97. The zero-order chi connectivity index (χ0) is 33.7. The molecule has 0 spiro atoms. The van der Waals surface area contributed by atoms with Crippen molar-refractivity contribution in [1.29, 1.82) is 0 Å². The second-order valence-corrected chi connectivity index (χ2v) is 26.7. The van der Waals surface area contributed by atoms with Crippen molar-refractivity contribution >= 4 is 54.7 Å². The Morgan fingerprint density at radius 2 is 0.766 bits per heavy atom. The summed E-state index contributed by atoms with van der Waals surface area (Å²) in [4.78, 5) is 26.9. The molecule has 0 heterocycles. The Morgan fingerprint density at radius 3 is 1.09 bits per heavy atom. The fraction of sp³-hybridized carbons (Fsp3) is 0.950. The molecule has 2 aliphatic carbocycles. The summed E-state index contributed by atoms with van der Waals surface area (Å²) in [5.74, 6) is 0.660. The van der Waals surface area contributed by atoms with E-state index in [2.05, 4.69) is 13.8 Å². The van der Waals surface area contributed by atoms with Crippen LogP contribution in [0.3, 0.4) is 0 Å². The maximum absolute atomic E-state index is 13.5. The van der Waals surface area contributed by atoms with E-state index < -0.39 is 19.2 Å². The standard InChI is InChI=1S/2C12H25.2C8H14O2S.Sn/c2*1-3-5-7-9-11-12-10-8-6-4-2;2*9-8(10)6-11-7-4-2-1-3-5-7;/h2*1,3-12H2,2H3;2*7H,1-6H2,(H,9,10);/q;;;;+2/p-2. The Kier molecular flexibility index (Phi) is 27.9. The molecule has 0 amide bonds. The molecule has 7 heteroatoms. The average molecular weight is 804 g/mol. The molecule has 0 bridgehead atoms. The van der Waals surface area contributed by atoms with E-state index in [0.717, 1.165) is 34.6 Å². The number of carbonyl (C=O) groups is 2. The Bertz CT molecular complexity index is 693. The van der Waals surface area contributed by atoms with Gasteiger partial charge in [-0.05, 0) is 0 Å². The fourth-order valence-electron chi connectivity index (χ4n) is 7.42. The summed E-state index contributed by atoms with van der Waals surface area (Å²) < 4.78 is 14.8. The number of thioether (sulfide) groups is 2. The zero-order valence-corrected chi connectivity index (χ0v) is 35.6. The predicted molar refractivity (Wildman–Crippen MR) is 210 cm³/mol. The molecule has 0 aromatic carbocycles. The topological polar surface area (TPSA) is 52.6 Å². The van der Waals surface area contributed by atoms with Crippen LogP contribution in [0.1, 0.15) is 206 Å². The molecular formula is C40H76O4S2Sn. The van der Waals surface area contributed by atoms with E-state index in [1.54, 1.807) is 23.5 Å². The van der Waals surface area contributed by atoms with Crippen molar-refractivity contribution < 1.29 is 15.7 Å². The van der Waals surface area contributed by atoms with Crippen LogP contribution in [-0.4, -0.2) is 53.1 Å². The van der Waals surface area contributed by atoms with Gasteiger partial charge in [0.15, 0.2) is 0 Å². The van der Waals surface area contributed by atoms with Crippen molar-refractivity contribution in [3.05, 3.63) is 0 Å². The number of carbonyl (C=O) groups excluding carboxylic acids is 2. The normalized spacial score (nSPS) is 16.4. The monoisotopic (exact) mass is 804 g/mol. The van der Waals surface area contributed by atoms with E-state index in [1.165, 1.54) is 167 Å². The van der Waals surface area contributed by atoms with E-state index in [1.807, 2.05) is 0 Å². The minimum absolute atomic E-state index is 0.0942. The SMILES string of the molecule is CCCCCCCCCCC[CH2][Sn]([CH2]CCCCCCCCCCC)([O]C(=O)CSC1CCCCC1)[O]C(=O)CSC1CCCCC1. The molecule has 2 fully saturated rings. The molecule has 276 valence electrons. The first-order valence-electron chi connectivity index (χ1n) is 20.7. The molecule has 4 nitrogen and oxygen atoms in total. The molecule has 2 saturated carbocycles. The molecular weight excluding hydrogens is 727 g/mol. The number of unbranched alkanes of at least 4 members (excludes halogenated alkanes) is 18. The van der Waals surface area contributed by atoms with E-state index in [4.69, 9.17) is 6.15 Å². The Morgan fingerprint density at radius 1 is 0.468 bits per heavy atom. The van der Waals surface area contributed by atoms with E-state index in [9.17, 15) is 9.59 Å². The summed E-state index contributed by atoms with van der Waals surface area (Å²) in [6, 6.07) is 0. The van der Waals surface area contributed by atoms with Gasteiger partial charge in [-0.15, -0.1) is 0 Å². The van der Waals surface area contributed by atoms with Crippen LogP contribution >= 0.6 is 23.5 Å². The molecule has 0 saturated heterocycles. The van der Waals surface area contributed by atoms with Crippen LogP contribution in [0.4, 0.5) is 0 Å². The van der Waals surface area contributed by atoms with Crippen molar-refractivity contribution in [1.82, 2.24) is 0 Å². The van der Waals surface area contributed by atoms with E-state index in [0.29, 0.717) is 22.0 Å². The molecule has 0 radical (unpaired) electrons. The first-order valence-corrected chi connectivity index (χ1v) is 29.2. The third kappa shape index (κ3) is 23.5. The molecule has 2 aliphatic rings. The molecule has 47 heavy (non-hydrogen) atoms. The quantitative estimate of drug-likeness (QED) is 0.0532. The molecule has 0 atom stereocenters. The van der Waals surface area contributed by atoms with Crippen LogP contribution in [0.2, 0.25) is 8.87 Å². The second kappa shape index (κ2) is 30.1. The molecule has 0 N–H and O–H groups in total. The molecule has 0 unspecified atom stereocenters. The van der Waals surface area contributed by atoms with Crippen molar-refractivity contribution in [2.45, 2.75) is 226 Å². The van der Waals surface area contributed by atoms with Crippen molar-refractivity contribution in [3.8, 4) is 0 Å². The summed E-state index contributed by atoms with van der Waals surface area (Å²) in [7, 11) is 0. The van der Waals surface area contributed by atoms with Crippen molar-refractivity contribution in [3.63, 3.8) is 0 Å². The summed E-state index contributed by atoms with van der Waals surface area (Å²) in [5, 5.41) is 1.17. The number of hydrogen-bond acceptors (Lipinski definition) is 6. The Balaban J connectivity index is 1.95. The first-order chi connectivity index (χ1) is 23.1. The van der Waals surface area contributed by atoms with E-state index in [-0.39, 0.29) is 11.9 Å². The van der Waals surface area contributed by atoms with E-state index >= 15 is 0 Å². The second-order valence-electron chi connectivity index (χ2n) is 14.9. The molecule has 0 aromatic heterocycles. The van der Waals surface area contributed by atoms with Gasteiger partial charge in [0, 0.05) is 0 Å². The Labute approximate surface area is 305 Å². The van der Waals surface area contributed by atoms with Gasteiger partial charge in [0.25, 0.3) is 0 Å². The first kappa shape index (κ1) is 43.6. The van der Waals surface area contributed by atoms with Gasteiger partial charge >= 0.3 is 308 Å². The maximum atomic E-state index is 13.5. The van der Waals surface area contributed by atoms with Crippen molar-refractivity contribution in [2.24, 2.45) is 0 Å².